The molecule has 1 aliphatic rings. The van der Waals surface area contributed by atoms with Gasteiger partial charge in [-0.3, -0.25) is 4.90 Å². The summed E-state index contributed by atoms with van der Waals surface area (Å²) in [6, 6.07) is 19.8. The molecule has 25 heavy (non-hydrogen) atoms. The lowest BCUT2D eigenvalue weighted by atomic mass is 9.86. The number of nitrogens with zero attached hydrogens (tertiary/aromatic N) is 2. The Morgan fingerprint density at radius 3 is 2.36 bits per heavy atom. The molecule has 0 saturated carbocycles. The van der Waals surface area contributed by atoms with Crippen molar-refractivity contribution < 1.29 is 4.39 Å². The highest BCUT2D eigenvalue weighted by Crippen LogP contribution is 2.33. The Kier molecular flexibility index (Phi) is 5.31. The predicted molar refractivity (Wildman–Crippen MR) is 99.1 cm³/mol. The number of halogens is 1. The van der Waals surface area contributed by atoms with Crippen LogP contribution in [0.4, 0.5) is 4.39 Å². The molecular formula is C22H23FN2. The summed E-state index contributed by atoms with van der Waals surface area (Å²) >= 11 is 0. The maximum atomic E-state index is 13.5. The molecule has 0 radical (unpaired) electrons. The summed E-state index contributed by atoms with van der Waals surface area (Å²) in [6.07, 6.45) is 1.69. The molecule has 1 aliphatic heterocycles. The first-order chi connectivity index (χ1) is 12.1. The Labute approximate surface area is 149 Å². The average Bonchev–Trinajstić information content (AvgIpc) is 2.60. The fraction of sp³-hybridized carbons (Fsp3) is 0.318. The maximum absolute atomic E-state index is 13.5. The van der Waals surface area contributed by atoms with E-state index in [0.717, 1.165) is 25.0 Å². The molecule has 0 bridgehead atoms. The van der Waals surface area contributed by atoms with Crippen molar-refractivity contribution in [3.8, 4) is 6.07 Å². The molecule has 3 heteroatoms. The number of piperidine rings is 1. The minimum Gasteiger partial charge on any atom is -0.293 e. The van der Waals surface area contributed by atoms with E-state index in [1.165, 1.54) is 17.7 Å². The van der Waals surface area contributed by atoms with Gasteiger partial charge in [-0.1, -0.05) is 42.5 Å². The van der Waals surface area contributed by atoms with E-state index in [-0.39, 0.29) is 5.82 Å². The van der Waals surface area contributed by atoms with Crippen molar-refractivity contribution in [2.45, 2.75) is 45.3 Å². The lowest BCUT2D eigenvalue weighted by molar-refractivity contribution is 0.120. The quantitative estimate of drug-likeness (QED) is 0.724. The van der Waals surface area contributed by atoms with Crippen LogP contribution in [0.15, 0.2) is 60.2 Å². The summed E-state index contributed by atoms with van der Waals surface area (Å²) in [5, 5.41) is 9.65. The lowest BCUT2D eigenvalue weighted by Gasteiger charge is -2.40. The molecule has 0 N–H and O–H groups in total. The fourth-order valence-electron chi connectivity index (χ4n) is 3.77. The largest absolute Gasteiger partial charge is 0.293 e. The van der Waals surface area contributed by atoms with Crippen molar-refractivity contribution in [1.82, 2.24) is 4.90 Å². The van der Waals surface area contributed by atoms with Gasteiger partial charge in [-0.05, 0) is 55.5 Å². The zero-order valence-corrected chi connectivity index (χ0v) is 14.7. The molecule has 2 nitrogen and oxygen atoms in total. The lowest BCUT2D eigenvalue weighted by Crippen LogP contribution is -2.44. The van der Waals surface area contributed by atoms with Gasteiger partial charge in [0.25, 0.3) is 0 Å². The van der Waals surface area contributed by atoms with Gasteiger partial charge in [0.15, 0.2) is 0 Å². The van der Waals surface area contributed by atoms with Crippen LogP contribution in [0, 0.1) is 17.1 Å². The van der Waals surface area contributed by atoms with Gasteiger partial charge in [-0.25, -0.2) is 4.39 Å². The van der Waals surface area contributed by atoms with Crippen molar-refractivity contribution in [2.75, 3.05) is 0 Å². The average molecular weight is 334 g/mol. The van der Waals surface area contributed by atoms with Crippen LogP contribution in [-0.2, 0) is 6.54 Å². The van der Waals surface area contributed by atoms with Crippen molar-refractivity contribution in [2.24, 2.45) is 0 Å². The second kappa shape index (κ2) is 7.63. The Morgan fingerprint density at radius 2 is 1.76 bits per heavy atom. The van der Waals surface area contributed by atoms with E-state index in [1.807, 2.05) is 12.1 Å². The van der Waals surface area contributed by atoms with Gasteiger partial charge in [0.2, 0.25) is 0 Å². The predicted octanol–water partition coefficient (Wildman–Crippen LogP) is 5.18. The van der Waals surface area contributed by atoms with Gasteiger partial charge >= 0.3 is 0 Å². The summed E-state index contributed by atoms with van der Waals surface area (Å²) in [7, 11) is 0. The normalized spacial score (nSPS) is 21.0. The summed E-state index contributed by atoms with van der Waals surface area (Å²) in [5.74, 6) is -0.298. The molecule has 1 saturated heterocycles. The second-order valence-electron chi connectivity index (χ2n) is 6.86. The number of hydrogen-bond acceptors (Lipinski definition) is 2. The summed E-state index contributed by atoms with van der Waals surface area (Å²) < 4.78 is 13.5. The summed E-state index contributed by atoms with van der Waals surface area (Å²) in [6.45, 7) is 5.33. The molecule has 3 rings (SSSR count). The number of benzene rings is 2. The SMILES string of the molecule is C[C@@H]1CC(=C(C#N)c2cccc(F)c2)C[C@@H](C)N1Cc1ccccc1. The Morgan fingerprint density at radius 1 is 1.08 bits per heavy atom. The van der Waals surface area contributed by atoms with E-state index in [9.17, 15) is 9.65 Å². The van der Waals surface area contributed by atoms with Crippen LogP contribution in [0.2, 0.25) is 0 Å². The summed E-state index contributed by atoms with van der Waals surface area (Å²) in [5.41, 5.74) is 3.77. The van der Waals surface area contributed by atoms with E-state index in [4.69, 9.17) is 0 Å². The molecule has 2 atom stereocenters. The number of hydrogen-bond donors (Lipinski definition) is 0. The number of allylic oxidation sites excluding steroid dienone is 1. The van der Waals surface area contributed by atoms with Crippen LogP contribution in [0.3, 0.4) is 0 Å². The smallest absolute Gasteiger partial charge is 0.123 e. The first-order valence-corrected chi connectivity index (χ1v) is 8.76. The van der Waals surface area contributed by atoms with Crippen LogP contribution in [0.25, 0.3) is 5.57 Å². The van der Waals surface area contributed by atoms with Crippen molar-refractivity contribution in [3.63, 3.8) is 0 Å². The Balaban J connectivity index is 1.84. The van der Waals surface area contributed by atoms with E-state index in [2.05, 4.69) is 49.1 Å². The van der Waals surface area contributed by atoms with Crippen LogP contribution in [0.1, 0.15) is 37.8 Å². The standard InChI is InChI=1S/C22H23FN2/c1-16-11-20(22(14-24)19-9-6-10-21(23)13-19)12-17(2)25(16)15-18-7-4-3-5-8-18/h3-10,13,16-17H,11-12,15H2,1-2H3/t16-,17-/m1/s1. The highest BCUT2D eigenvalue weighted by Gasteiger charge is 2.29. The third kappa shape index (κ3) is 3.97. The molecule has 0 unspecified atom stereocenters. The zero-order chi connectivity index (χ0) is 17.8. The third-order valence-corrected chi connectivity index (χ3v) is 5.00. The van der Waals surface area contributed by atoms with Gasteiger partial charge in [-0.2, -0.15) is 5.26 Å². The van der Waals surface area contributed by atoms with E-state index < -0.39 is 0 Å². The minimum atomic E-state index is -0.298. The van der Waals surface area contributed by atoms with Gasteiger partial charge in [0.1, 0.15) is 5.82 Å². The molecular weight excluding hydrogens is 311 g/mol. The van der Waals surface area contributed by atoms with Gasteiger partial charge in [0.05, 0.1) is 11.6 Å². The molecule has 0 aromatic heterocycles. The van der Waals surface area contributed by atoms with Crippen molar-refractivity contribution in [1.29, 1.82) is 5.26 Å². The molecule has 128 valence electrons. The molecule has 0 amide bonds. The van der Waals surface area contributed by atoms with Gasteiger partial charge in [0, 0.05) is 18.6 Å². The molecule has 2 aromatic rings. The number of likely N-dealkylation sites (tertiary alicyclic amines) is 1. The number of nitriles is 1. The van der Waals surface area contributed by atoms with E-state index >= 15 is 0 Å². The minimum absolute atomic E-state index is 0.298. The Hall–Kier alpha value is -2.44. The van der Waals surface area contributed by atoms with Crippen molar-refractivity contribution in [3.05, 3.63) is 77.1 Å². The van der Waals surface area contributed by atoms with Crippen LogP contribution >= 0.6 is 0 Å². The molecule has 0 aliphatic carbocycles. The molecule has 2 aromatic carbocycles. The van der Waals surface area contributed by atoms with Crippen molar-refractivity contribution >= 4 is 5.57 Å². The monoisotopic (exact) mass is 334 g/mol. The van der Waals surface area contributed by atoms with Crippen LogP contribution < -0.4 is 0 Å². The third-order valence-electron chi connectivity index (χ3n) is 5.00. The molecule has 0 spiro atoms. The fourth-order valence-corrected chi connectivity index (χ4v) is 3.77. The van der Waals surface area contributed by atoms with E-state index in [1.54, 1.807) is 6.07 Å². The van der Waals surface area contributed by atoms with Gasteiger partial charge in [-0.15, -0.1) is 0 Å². The highest BCUT2D eigenvalue weighted by molar-refractivity contribution is 5.79. The van der Waals surface area contributed by atoms with E-state index in [0.29, 0.717) is 23.2 Å². The first-order valence-electron chi connectivity index (χ1n) is 8.76. The topological polar surface area (TPSA) is 27.0 Å². The van der Waals surface area contributed by atoms with Crippen LogP contribution in [0.5, 0.6) is 0 Å². The highest BCUT2D eigenvalue weighted by atomic mass is 19.1. The second-order valence-corrected chi connectivity index (χ2v) is 6.86. The zero-order valence-electron chi connectivity index (χ0n) is 14.7. The first kappa shape index (κ1) is 17.4. The molecule has 1 heterocycles. The maximum Gasteiger partial charge on any atom is 0.123 e. The van der Waals surface area contributed by atoms with Crippen LogP contribution in [-0.4, -0.2) is 17.0 Å². The van der Waals surface area contributed by atoms with Gasteiger partial charge < -0.3 is 0 Å². The number of rotatable bonds is 3. The molecule has 1 fully saturated rings. The Bertz CT molecular complexity index is 790. The summed E-state index contributed by atoms with van der Waals surface area (Å²) in [4.78, 5) is 2.49.